The number of ether oxygens (including phenoxy) is 1. The molecule has 0 saturated carbocycles. The number of aromatic nitrogens is 1. The van der Waals surface area contributed by atoms with E-state index in [1.807, 2.05) is 44.2 Å². The van der Waals surface area contributed by atoms with E-state index in [9.17, 15) is 4.79 Å². The fourth-order valence-electron chi connectivity index (χ4n) is 5.05. The molecule has 2 aliphatic rings. The molecule has 0 unspecified atom stereocenters. The number of hydrogen-bond donors (Lipinski definition) is 0. The van der Waals surface area contributed by atoms with Gasteiger partial charge in [-0.2, -0.15) is 5.26 Å². The first-order valence-corrected chi connectivity index (χ1v) is 10.0. The molecule has 2 aliphatic heterocycles. The Morgan fingerprint density at radius 1 is 1.18 bits per heavy atom. The van der Waals surface area contributed by atoms with Crippen LogP contribution in [0.15, 0.2) is 30.3 Å². The summed E-state index contributed by atoms with van der Waals surface area (Å²) in [5.41, 5.74) is 4.42. The molecule has 146 valence electrons. The molecule has 2 bridgehead atoms. The van der Waals surface area contributed by atoms with Crippen molar-refractivity contribution in [3.8, 4) is 11.8 Å². The molecule has 0 N–H and O–H groups in total. The summed E-state index contributed by atoms with van der Waals surface area (Å²) in [5, 5.41) is 9.01. The molecule has 28 heavy (non-hydrogen) atoms. The number of methoxy groups -OCH3 is 1. The number of nitrogens with zero attached hydrogens (tertiary/aromatic N) is 3. The predicted octanol–water partition coefficient (Wildman–Crippen LogP) is 3.79. The number of carbonyl (C=O) groups excluding carboxylic acids is 1. The molecule has 2 fully saturated rings. The van der Waals surface area contributed by atoms with Crippen LogP contribution < -0.4 is 0 Å². The van der Waals surface area contributed by atoms with Gasteiger partial charge in [-0.05, 0) is 69.9 Å². The van der Waals surface area contributed by atoms with E-state index < -0.39 is 0 Å². The summed E-state index contributed by atoms with van der Waals surface area (Å²) in [6.07, 6.45) is 4.74. The van der Waals surface area contributed by atoms with Crippen LogP contribution in [-0.2, 0) is 4.74 Å². The Balaban J connectivity index is 1.55. The maximum Gasteiger partial charge on any atom is 0.178 e. The molecular formula is C23H27N3O2. The summed E-state index contributed by atoms with van der Waals surface area (Å²) in [6.45, 7) is 4.52. The lowest BCUT2D eigenvalue weighted by molar-refractivity contribution is 0.00723. The predicted molar refractivity (Wildman–Crippen MR) is 108 cm³/mol. The van der Waals surface area contributed by atoms with E-state index in [1.54, 1.807) is 7.11 Å². The number of hydrogen-bond acceptors (Lipinski definition) is 4. The molecule has 4 rings (SSSR count). The van der Waals surface area contributed by atoms with Gasteiger partial charge in [-0.3, -0.25) is 9.69 Å². The molecule has 1 aromatic carbocycles. The molecule has 3 heterocycles. The fourth-order valence-corrected chi connectivity index (χ4v) is 5.05. The Labute approximate surface area is 166 Å². The van der Waals surface area contributed by atoms with Gasteiger partial charge in [0.25, 0.3) is 0 Å². The van der Waals surface area contributed by atoms with Crippen molar-refractivity contribution >= 4 is 5.78 Å². The minimum Gasteiger partial charge on any atom is -0.381 e. The third-order valence-electron chi connectivity index (χ3n) is 6.49. The van der Waals surface area contributed by atoms with Gasteiger partial charge >= 0.3 is 0 Å². The highest BCUT2D eigenvalue weighted by Crippen LogP contribution is 2.37. The van der Waals surface area contributed by atoms with Gasteiger partial charge in [0.15, 0.2) is 5.78 Å². The van der Waals surface area contributed by atoms with Crippen LogP contribution in [0.3, 0.4) is 0 Å². The lowest BCUT2D eigenvalue weighted by Crippen LogP contribution is -2.47. The maximum absolute atomic E-state index is 13.2. The van der Waals surface area contributed by atoms with E-state index in [1.165, 1.54) is 12.8 Å². The van der Waals surface area contributed by atoms with E-state index in [0.717, 1.165) is 35.5 Å². The van der Waals surface area contributed by atoms with Crippen molar-refractivity contribution in [1.29, 1.82) is 5.26 Å². The van der Waals surface area contributed by atoms with Crippen LogP contribution >= 0.6 is 0 Å². The molecular weight excluding hydrogens is 350 g/mol. The summed E-state index contributed by atoms with van der Waals surface area (Å²) in [7, 11) is 1.79. The van der Waals surface area contributed by atoms with Crippen LogP contribution in [-0.4, -0.2) is 47.1 Å². The van der Waals surface area contributed by atoms with Gasteiger partial charge < -0.3 is 9.30 Å². The highest BCUT2D eigenvalue weighted by molar-refractivity contribution is 5.99. The van der Waals surface area contributed by atoms with E-state index in [-0.39, 0.29) is 5.78 Å². The lowest BCUT2D eigenvalue weighted by atomic mass is 9.98. The SMILES string of the molecule is COC1C[C@H]2CC[C@H](C1)N2CC(=O)c1cc(C)n(-c2ccc(C#N)cc2)c1C. The number of Topliss-reactive ketones (excluding diaryl/α,β-unsaturated/α-hetero) is 1. The van der Waals surface area contributed by atoms with E-state index >= 15 is 0 Å². The molecule has 5 heteroatoms. The number of ketones is 1. The van der Waals surface area contributed by atoms with Crippen molar-refractivity contribution in [1.82, 2.24) is 9.47 Å². The molecule has 5 nitrogen and oxygen atoms in total. The van der Waals surface area contributed by atoms with Crippen molar-refractivity contribution in [2.45, 2.75) is 57.7 Å². The van der Waals surface area contributed by atoms with Crippen molar-refractivity contribution in [3.05, 3.63) is 52.8 Å². The van der Waals surface area contributed by atoms with Crippen LogP contribution in [0.25, 0.3) is 5.69 Å². The first-order valence-electron chi connectivity index (χ1n) is 10.0. The van der Waals surface area contributed by atoms with Crippen LogP contribution in [0.1, 0.15) is 53.0 Å². The van der Waals surface area contributed by atoms with Gasteiger partial charge in [0, 0.05) is 41.8 Å². The topological polar surface area (TPSA) is 58.3 Å². The third-order valence-corrected chi connectivity index (χ3v) is 6.49. The largest absolute Gasteiger partial charge is 0.381 e. The minimum atomic E-state index is 0.195. The molecule has 2 aromatic rings. The second kappa shape index (κ2) is 7.54. The Morgan fingerprint density at radius 2 is 1.82 bits per heavy atom. The Morgan fingerprint density at radius 3 is 2.39 bits per heavy atom. The first kappa shape index (κ1) is 18.9. The zero-order valence-electron chi connectivity index (χ0n) is 16.8. The van der Waals surface area contributed by atoms with Crippen LogP contribution in [0.2, 0.25) is 0 Å². The van der Waals surface area contributed by atoms with Gasteiger partial charge in [0.05, 0.1) is 24.3 Å². The number of rotatable bonds is 5. The molecule has 0 radical (unpaired) electrons. The quantitative estimate of drug-likeness (QED) is 0.744. The zero-order chi connectivity index (χ0) is 19.8. The standard InChI is InChI=1S/C23H27N3O2/c1-15-10-22(16(2)26(15)18-6-4-17(13-24)5-7-18)23(27)14-25-19-8-9-20(25)12-21(11-19)28-3/h4-7,10,19-21H,8-9,11-12,14H2,1-3H3/t19-,20-/m1/s1. The van der Waals surface area contributed by atoms with Gasteiger partial charge in [-0.1, -0.05) is 0 Å². The van der Waals surface area contributed by atoms with Crippen molar-refractivity contribution in [3.63, 3.8) is 0 Å². The number of piperidine rings is 1. The number of benzene rings is 1. The second-order valence-electron chi connectivity index (χ2n) is 8.09. The normalized spacial score (nSPS) is 24.3. The number of fused-ring (bicyclic) bond motifs is 2. The summed E-state index contributed by atoms with van der Waals surface area (Å²) in [6, 6.07) is 12.6. The number of aryl methyl sites for hydroxylation is 1. The third kappa shape index (κ3) is 3.28. The van der Waals surface area contributed by atoms with E-state index in [2.05, 4.69) is 15.5 Å². The van der Waals surface area contributed by atoms with Crippen molar-refractivity contribution < 1.29 is 9.53 Å². The second-order valence-corrected chi connectivity index (χ2v) is 8.09. The lowest BCUT2D eigenvalue weighted by Gasteiger charge is -2.37. The van der Waals surface area contributed by atoms with E-state index in [0.29, 0.717) is 30.3 Å². The molecule has 0 aliphatic carbocycles. The molecule has 0 spiro atoms. The molecule has 2 saturated heterocycles. The van der Waals surface area contributed by atoms with Crippen molar-refractivity contribution in [2.24, 2.45) is 0 Å². The van der Waals surface area contributed by atoms with Gasteiger partial charge in [-0.15, -0.1) is 0 Å². The minimum absolute atomic E-state index is 0.195. The summed E-state index contributed by atoms with van der Waals surface area (Å²) in [5.74, 6) is 0.195. The van der Waals surface area contributed by atoms with Crippen molar-refractivity contribution in [2.75, 3.05) is 13.7 Å². The zero-order valence-corrected chi connectivity index (χ0v) is 16.8. The highest BCUT2D eigenvalue weighted by Gasteiger charge is 2.41. The van der Waals surface area contributed by atoms with Gasteiger partial charge in [0.1, 0.15) is 0 Å². The monoisotopic (exact) mass is 377 g/mol. The summed E-state index contributed by atoms with van der Waals surface area (Å²) < 4.78 is 7.68. The average molecular weight is 377 g/mol. The summed E-state index contributed by atoms with van der Waals surface area (Å²) >= 11 is 0. The first-order chi connectivity index (χ1) is 13.5. The van der Waals surface area contributed by atoms with Gasteiger partial charge in [-0.25, -0.2) is 0 Å². The van der Waals surface area contributed by atoms with Crippen LogP contribution in [0.4, 0.5) is 0 Å². The number of nitriles is 1. The Kier molecular flexibility index (Phi) is 5.09. The maximum atomic E-state index is 13.2. The Bertz CT molecular complexity index is 909. The molecule has 1 aromatic heterocycles. The molecule has 0 amide bonds. The van der Waals surface area contributed by atoms with Gasteiger partial charge in [0.2, 0.25) is 0 Å². The molecule has 2 atom stereocenters. The fraction of sp³-hybridized carbons (Fsp3) is 0.478. The smallest absolute Gasteiger partial charge is 0.178 e. The highest BCUT2D eigenvalue weighted by atomic mass is 16.5. The summed E-state index contributed by atoms with van der Waals surface area (Å²) in [4.78, 5) is 15.6. The van der Waals surface area contributed by atoms with E-state index in [4.69, 9.17) is 10.00 Å². The van der Waals surface area contributed by atoms with Crippen LogP contribution in [0, 0.1) is 25.2 Å². The number of carbonyl (C=O) groups is 1. The van der Waals surface area contributed by atoms with Crippen LogP contribution in [0.5, 0.6) is 0 Å². The Hall–Kier alpha value is -2.42. The average Bonchev–Trinajstić information content (AvgIpc) is 3.12.